The van der Waals surface area contributed by atoms with Crippen LogP contribution in [0.25, 0.3) is 16.7 Å². The molecule has 0 spiro atoms. The maximum Gasteiger partial charge on any atom is 0.328 e. The molecule has 38 heavy (non-hydrogen) atoms. The van der Waals surface area contributed by atoms with Crippen molar-refractivity contribution in [2.45, 2.75) is 37.0 Å². The summed E-state index contributed by atoms with van der Waals surface area (Å²) < 4.78 is 51.0. The lowest BCUT2D eigenvalue weighted by molar-refractivity contribution is 0.246. The van der Waals surface area contributed by atoms with Gasteiger partial charge >= 0.3 is 6.03 Å². The van der Waals surface area contributed by atoms with Gasteiger partial charge in [0, 0.05) is 31.0 Å². The van der Waals surface area contributed by atoms with Crippen molar-refractivity contribution in [1.29, 1.82) is 0 Å². The molecule has 4 aromatic rings. The molecular formula is C26H28N5O5S2-. The summed E-state index contributed by atoms with van der Waals surface area (Å²) in [7, 11) is -3.99. The largest absolute Gasteiger partial charge is 0.772 e. The summed E-state index contributed by atoms with van der Waals surface area (Å²) in [5.74, 6) is 0.795. The molecule has 0 aliphatic heterocycles. The second-order valence-corrected chi connectivity index (χ2v) is 11.2. The van der Waals surface area contributed by atoms with E-state index in [0.717, 1.165) is 33.7 Å². The van der Waals surface area contributed by atoms with Crippen molar-refractivity contribution in [3.05, 3.63) is 89.2 Å². The lowest BCUT2D eigenvalue weighted by Crippen LogP contribution is -2.40. The Hall–Kier alpha value is -3.58. The number of hydrogen-bond acceptors (Lipinski definition) is 7. The number of rotatable bonds is 10. The first-order chi connectivity index (χ1) is 18.2. The standard InChI is InChI=1S/C26H29N5O5S2/c1-2-25-29-23-15-20(17-37(33)34)7-12-24(23)31(25)21-8-3-18(4-9-21)13-14-28-26(32)30-38(35,36)22-10-5-19(16-27)6-11-22/h3-12,15H,2,13-14,16-17,27H2,1H3,(H,33,34)(H2,28,30,32)/p-1. The fraction of sp³-hybridized carbons (Fsp3) is 0.231. The summed E-state index contributed by atoms with van der Waals surface area (Å²) in [5, 5.41) is 2.57. The molecular weight excluding hydrogens is 526 g/mol. The number of imidazole rings is 1. The second kappa shape index (κ2) is 11.9. The van der Waals surface area contributed by atoms with Crippen LogP contribution in [-0.4, -0.2) is 39.3 Å². The van der Waals surface area contributed by atoms with Crippen LogP contribution in [0.4, 0.5) is 4.79 Å². The number of carbonyl (C=O) groups excluding carboxylic acids is 1. The molecule has 0 aliphatic carbocycles. The highest BCUT2D eigenvalue weighted by Gasteiger charge is 2.17. The Morgan fingerprint density at radius 1 is 1.03 bits per heavy atom. The van der Waals surface area contributed by atoms with Crippen LogP contribution < -0.4 is 15.8 Å². The highest BCUT2D eigenvalue weighted by Crippen LogP contribution is 2.24. The zero-order chi connectivity index (χ0) is 27.3. The minimum Gasteiger partial charge on any atom is -0.772 e. The molecule has 2 amide bonds. The molecule has 1 aromatic heterocycles. The van der Waals surface area contributed by atoms with Crippen molar-refractivity contribution < 1.29 is 22.0 Å². The van der Waals surface area contributed by atoms with E-state index in [2.05, 4.69) is 10.3 Å². The van der Waals surface area contributed by atoms with E-state index >= 15 is 0 Å². The maximum atomic E-state index is 12.4. The molecule has 1 atom stereocenters. The third-order valence-electron chi connectivity index (χ3n) is 5.98. The van der Waals surface area contributed by atoms with Crippen molar-refractivity contribution >= 4 is 38.2 Å². The van der Waals surface area contributed by atoms with Crippen molar-refractivity contribution in [2.24, 2.45) is 5.73 Å². The SMILES string of the molecule is CCc1nc2cc(CS(=O)[O-])ccc2n1-c1ccc(CCNC(=O)NS(=O)(=O)c2ccc(CN)cc2)cc1. The van der Waals surface area contributed by atoms with Crippen LogP contribution in [0.1, 0.15) is 29.4 Å². The van der Waals surface area contributed by atoms with Crippen LogP contribution in [0.3, 0.4) is 0 Å². The number of hydrogen-bond donors (Lipinski definition) is 3. The van der Waals surface area contributed by atoms with E-state index in [1.165, 1.54) is 12.1 Å². The zero-order valence-electron chi connectivity index (χ0n) is 20.7. The Morgan fingerprint density at radius 2 is 1.68 bits per heavy atom. The molecule has 1 heterocycles. The summed E-state index contributed by atoms with van der Waals surface area (Å²) in [5.41, 5.74) is 10.5. The molecule has 4 N–H and O–H groups in total. The number of aromatic nitrogens is 2. The smallest absolute Gasteiger partial charge is 0.328 e. The molecule has 0 radical (unpaired) electrons. The van der Waals surface area contributed by atoms with Crippen molar-refractivity contribution in [2.75, 3.05) is 6.54 Å². The molecule has 0 saturated carbocycles. The normalized spacial score (nSPS) is 12.4. The molecule has 12 heteroatoms. The van der Waals surface area contributed by atoms with Crippen LogP contribution in [0.15, 0.2) is 71.6 Å². The third-order valence-corrected chi connectivity index (χ3v) is 7.90. The topological polar surface area (TPSA) is 159 Å². The Bertz CT molecular complexity index is 1570. The molecule has 200 valence electrons. The monoisotopic (exact) mass is 554 g/mol. The Kier molecular flexibility index (Phi) is 8.57. The van der Waals surface area contributed by atoms with Gasteiger partial charge in [0.1, 0.15) is 5.82 Å². The first kappa shape index (κ1) is 27.5. The molecule has 0 aliphatic rings. The van der Waals surface area contributed by atoms with E-state index in [1.54, 1.807) is 24.3 Å². The van der Waals surface area contributed by atoms with E-state index in [1.807, 2.05) is 46.5 Å². The number of amides is 2. The number of benzene rings is 3. The van der Waals surface area contributed by atoms with E-state index in [4.69, 9.17) is 5.73 Å². The second-order valence-electron chi connectivity index (χ2n) is 8.61. The number of nitrogens with zero attached hydrogens (tertiary/aromatic N) is 2. The van der Waals surface area contributed by atoms with Crippen molar-refractivity contribution in [3.8, 4) is 5.69 Å². The van der Waals surface area contributed by atoms with Crippen molar-refractivity contribution in [1.82, 2.24) is 19.6 Å². The van der Waals surface area contributed by atoms with Crippen molar-refractivity contribution in [3.63, 3.8) is 0 Å². The minimum absolute atomic E-state index is 0.0180. The lowest BCUT2D eigenvalue weighted by Gasteiger charge is -2.11. The Labute approximate surface area is 223 Å². The van der Waals surface area contributed by atoms with Gasteiger partial charge in [-0.2, -0.15) is 0 Å². The predicted octanol–water partition coefficient (Wildman–Crippen LogP) is 2.66. The Balaban J connectivity index is 1.38. The van der Waals surface area contributed by atoms with Crippen LogP contribution in [-0.2, 0) is 46.2 Å². The third kappa shape index (κ3) is 6.45. The van der Waals surface area contributed by atoms with Gasteiger partial charge in [-0.15, -0.1) is 0 Å². The fourth-order valence-corrected chi connectivity index (χ4v) is 5.46. The lowest BCUT2D eigenvalue weighted by atomic mass is 10.1. The van der Waals surface area contributed by atoms with E-state index in [0.29, 0.717) is 24.9 Å². The number of fused-ring (bicyclic) bond motifs is 1. The summed E-state index contributed by atoms with van der Waals surface area (Å²) >= 11 is -2.17. The number of nitrogens with two attached hydrogens (primary N) is 1. The average molecular weight is 555 g/mol. The molecule has 1 unspecified atom stereocenters. The number of nitrogens with one attached hydrogen (secondary N) is 2. The molecule has 4 rings (SSSR count). The van der Waals surface area contributed by atoms with Gasteiger partial charge in [0.2, 0.25) is 0 Å². The summed E-state index contributed by atoms with van der Waals surface area (Å²) in [6.45, 7) is 2.54. The molecule has 3 aromatic carbocycles. The van der Waals surface area contributed by atoms with Gasteiger partial charge in [-0.25, -0.2) is 22.9 Å². The molecule has 0 saturated heterocycles. The average Bonchev–Trinajstić information content (AvgIpc) is 3.26. The van der Waals surface area contributed by atoms with Gasteiger partial charge in [0.25, 0.3) is 10.0 Å². The van der Waals surface area contributed by atoms with Crippen LogP contribution in [0, 0.1) is 0 Å². The summed E-state index contributed by atoms with van der Waals surface area (Å²) in [6, 6.07) is 18.4. The van der Waals surface area contributed by atoms with Gasteiger partial charge in [-0.3, -0.25) is 8.78 Å². The van der Waals surface area contributed by atoms with Gasteiger partial charge in [-0.1, -0.05) is 48.3 Å². The first-order valence-electron chi connectivity index (χ1n) is 11.9. The minimum atomic E-state index is -3.99. The van der Waals surface area contributed by atoms with Gasteiger partial charge < -0.3 is 15.6 Å². The fourth-order valence-electron chi connectivity index (χ4n) is 4.08. The number of urea groups is 1. The molecule has 0 bridgehead atoms. The predicted molar refractivity (Wildman–Crippen MR) is 145 cm³/mol. The van der Waals surface area contributed by atoms with Crippen LogP contribution in [0.2, 0.25) is 0 Å². The molecule has 0 fully saturated rings. The molecule has 10 nitrogen and oxygen atoms in total. The van der Waals surface area contributed by atoms with E-state index in [-0.39, 0.29) is 17.2 Å². The Morgan fingerprint density at radius 3 is 2.32 bits per heavy atom. The van der Waals surface area contributed by atoms with Gasteiger partial charge in [0.15, 0.2) is 0 Å². The van der Waals surface area contributed by atoms with Gasteiger partial charge in [0.05, 0.1) is 15.9 Å². The first-order valence-corrected chi connectivity index (χ1v) is 14.7. The van der Waals surface area contributed by atoms with Crippen LogP contribution >= 0.6 is 0 Å². The number of sulfonamides is 1. The van der Waals surface area contributed by atoms with Crippen LogP contribution in [0.5, 0.6) is 0 Å². The number of carbonyl (C=O) groups is 1. The maximum absolute atomic E-state index is 12.4. The highest BCUT2D eigenvalue weighted by molar-refractivity contribution is 7.90. The number of aryl methyl sites for hydroxylation is 1. The zero-order valence-corrected chi connectivity index (χ0v) is 22.3. The quantitative estimate of drug-likeness (QED) is 0.254. The highest BCUT2D eigenvalue weighted by atomic mass is 32.2. The summed E-state index contributed by atoms with van der Waals surface area (Å²) in [4.78, 5) is 16.8. The van der Waals surface area contributed by atoms with E-state index in [9.17, 15) is 22.0 Å². The van der Waals surface area contributed by atoms with Gasteiger partial charge in [-0.05, 0) is 59.5 Å². The van der Waals surface area contributed by atoms with E-state index < -0.39 is 27.1 Å². The summed E-state index contributed by atoms with van der Waals surface area (Å²) in [6.07, 6.45) is 1.19.